The highest BCUT2D eigenvalue weighted by Gasteiger charge is 2.39. The van der Waals surface area contributed by atoms with Gasteiger partial charge in [-0.2, -0.15) is 0 Å². The number of amides is 1. The minimum Gasteiger partial charge on any atom is -0.392 e. The fourth-order valence-electron chi connectivity index (χ4n) is 3.96. The Morgan fingerprint density at radius 2 is 1.53 bits per heavy atom. The molecule has 5 nitrogen and oxygen atoms in total. The summed E-state index contributed by atoms with van der Waals surface area (Å²) in [5.41, 5.74) is 6.05. The van der Waals surface area contributed by atoms with Crippen LogP contribution in [-0.2, 0) is 11.4 Å². The van der Waals surface area contributed by atoms with Gasteiger partial charge in [-0.3, -0.25) is 4.79 Å². The maximum Gasteiger partial charge on any atom is 0.232 e. The van der Waals surface area contributed by atoms with Crippen LogP contribution in [-0.4, -0.2) is 21.2 Å². The van der Waals surface area contributed by atoms with Crippen molar-refractivity contribution in [2.24, 2.45) is 5.41 Å². The van der Waals surface area contributed by atoms with Gasteiger partial charge in [-0.25, -0.2) is 0 Å². The van der Waals surface area contributed by atoms with Gasteiger partial charge in [-0.05, 0) is 27.8 Å². The second-order valence-corrected chi connectivity index (χ2v) is 9.07. The van der Waals surface area contributed by atoms with Crippen LogP contribution < -0.4 is 5.32 Å². The molecule has 0 spiro atoms. The molecule has 1 unspecified atom stereocenters. The zero-order valence-electron chi connectivity index (χ0n) is 18.0. The first-order chi connectivity index (χ1) is 15.5. The molecule has 2 N–H and O–H groups in total. The number of nitrogens with one attached hydrogen (secondary N) is 1. The summed E-state index contributed by atoms with van der Waals surface area (Å²) >= 11 is 1.30. The quantitative estimate of drug-likeness (QED) is 0.396. The van der Waals surface area contributed by atoms with E-state index in [9.17, 15) is 9.90 Å². The Kier molecular flexibility index (Phi) is 6.44. The van der Waals surface area contributed by atoms with Gasteiger partial charge in [-0.15, -0.1) is 10.2 Å². The summed E-state index contributed by atoms with van der Waals surface area (Å²) in [6.07, 6.45) is 0. The number of benzene rings is 3. The first kappa shape index (κ1) is 21.9. The van der Waals surface area contributed by atoms with Gasteiger partial charge >= 0.3 is 0 Å². The van der Waals surface area contributed by atoms with Gasteiger partial charge in [0.05, 0.1) is 12.0 Å². The number of aromatic nitrogens is 2. The van der Waals surface area contributed by atoms with E-state index in [1.807, 2.05) is 56.3 Å². The van der Waals surface area contributed by atoms with Crippen LogP contribution in [0.4, 0.5) is 5.13 Å². The third-order valence-electron chi connectivity index (χ3n) is 5.73. The number of aliphatic hydroxyl groups excluding tert-OH is 1. The summed E-state index contributed by atoms with van der Waals surface area (Å²) in [7, 11) is 0. The molecule has 0 bridgehead atoms. The normalized spacial score (nSPS) is 12.3. The lowest BCUT2D eigenvalue weighted by Crippen LogP contribution is -2.37. The van der Waals surface area contributed by atoms with Gasteiger partial charge in [0.25, 0.3) is 0 Å². The smallest absolute Gasteiger partial charge is 0.232 e. The molecule has 1 amide bonds. The monoisotopic (exact) mass is 443 g/mol. The zero-order valence-corrected chi connectivity index (χ0v) is 18.8. The van der Waals surface area contributed by atoms with E-state index in [1.54, 1.807) is 5.51 Å². The second kappa shape index (κ2) is 9.42. The van der Waals surface area contributed by atoms with E-state index in [2.05, 4.69) is 51.9 Å². The molecule has 1 atom stereocenters. The molecule has 0 saturated carbocycles. The SMILES string of the molecule is CC(C)(C(=O)Nc1nncs1)C(c1ccccc1)c1ccc(-c2ccc(CO)cc2)cc1. The molecule has 0 aliphatic rings. The summed E-state index contributed by atoms with van der Waals surface area (Å²) in [6.45, 7) is 3.96. The third-order valence-corrected chi connectivity index (χ3v) is 6.34. The van der Waals surface area contributed by atoms with Crippen molar-refractivity contribution < 1.29 is 9.90 Å². The van der Waals surface area contributed by atoms with Crippen molar-refractivity contribution >= 4 is 22.4 Å². The molecule has 162 valence electrons. The number of hydrogen-bond acceptors (Lipinski definition) is 5. The van der Waals surface area contributed by atoms with Crippen LogP contribution in [0.3, 0.4) is 0 Å². The van der Waals surface area contributed by atoms with Crippen LogP contribution in [0.5, 0.6) is 0 Å². The van der Waals surface area contributed by atoms with Gasteiger partial charge in [-0.1, -0.05) is 104 Å². The topological polar surface area (TPSA) is 75.1 Å². The van der Waals surface area contributed by atoms with Gasteiger partial charge < -0.3 is 10.4 Å². The second-order valence-electron chi connectivity index (χ2n) is 8.24. The van der Waals surface area contributed by atoms with E-state index in [1.165, 1.54) is 11.3 Å². The molecule has 6 heteroatoms. The number of anilines is 1. The van der Waals surface area contributed by atoms with E-state index >= 15 is 0 Å². The Balaban J connectivity index is 1.68. The lowest BCUT2D eigenvalue weighted by atomic mass is 9.70. The molecule has 32 heavy (non-hydrogen) atoms. The number of rotatable bonds is 7. The highest BCUT2D eigenvalue weighted by atomic mass is 32.1. The lowest BCUT2D eigenvalue weighted by molar-refractivity contribution is -0.124. The van der Waals surface area contributed by atoms with E-state index in [0.29, 0.717) is 5.13 Å². The molecule has 1 heterocycles. The Morgan fingerprint density at radius 3 is 2.09 bits per heavy atom. The molecule has 0 radical (unpaired) electrons. The molecule has 0 aliphatic heterocycles. The molecule has 0 saturated heterocycles. The lowest BCUT2D eigenvalue weighted by Gasteiger charge is -2.33. The first-order valence-electron chi connectivity index (χ1n) is 10.4. The van der Waals surface area contributed by atoms with E-state index in [-0.39, 0.29) is 18.4 Å². The van der Waals surface area contributed by atoms with Crippen molar-refractivity contribution in [3.8, 4) is 11.1 Å². The Hall–Kier alpha value is -3.35. The minimum absolute atomic E-state index is 0.0339. The van der Waals surface area contributed by atoms with Crippen LogP contribution in [0.1, 0.15) is 36.5 Å². The van der Waals surface area contributed by atoms with Gasteiger partial charge in [0.15, 0.2) is 0 Å². The Labute approximate surface area is 191 Å². The fraction of sp³-hybridized carbons (Fsp3) is 0.192. The highest BCUT2D eigenvalue weighted by molar-refractivity contribution is 7.13. The molecular formula is C26H25N3O2S. The maximum absolute atomic E-state index is 13.3. The highest BCUT2D eigenvalue weighted by Crippen LogP contribution is 2.42. The van der Waals surface area contributed by atoms with Crippen molar-refractivity contribution in [3.05, 3.63) is 101 Å². The van der Waals surface area contributed by atoms with Crippen molar-refractivity contribution in [1.82, 2.24) is 10.2 Å². The summed E-state index contributed by atoms with van der Waals surface area (Å²) in [5, 5.41) is 20.4. The van der Waals surface area contributed by atoms with Crippen molar-refractivity contribution in [2.45, 2.75) is 26.4 Å². The molecule has 4 aromatic rings. The summed E-state index contributed by atoms with van der Waals surface area (Å²) in [4.78, 5) is 13.3. The maximum atomic E-state index is 13.3. The van der Waals surface area contributed by atoms with Crippen molar-refractivity contribution in [2.75, 3.05) is 5.32 Å². The van der Waals surface area contributed by atoms with Crippen LogP contribution in [0.25, 0.3) is 11.1 Å². The van der Waals surface area contributed by atoms with Crippen LogP contribution in [0.15, 0.2) is 84.4 Å². The molecule has 0 aliphatic carbocycles. The van der Waals surface area contributed by atoms with E-state index in [4.69, 9.17) is 0 Å². The number of hydrogen-bond donors (Lipinski definition) is 2. The fourth-order valence-corrected chi connectivity index (χ4v) is 4.40. The van der Waals surface area contributed by atoms with E-state index < -0.39 is 5.41 Å². The first-order valence-corrected chi connectivity index (χ1v) is 11.3. The van der Waals surface area contributed by atoms with E-state index in [0.717, 1.165) is 27.8 Å². The number of nitrogens with zero attached hydrogens (tertiary/aromatic N) is 2. The third kappa shape index (κ3) is 4.61. The number of aliphatic hydroxyl groups is 1. The predicted octanol–water partition coefficient (Wildman–Crippen LogP) is 5.49. The molecule has 3 aromatic carbocycles. The van der Waals surface area contributed by atoms with Crippen molar-refractivity contribution in [1.29, 1.82) is 0 Å². The van der Waals surface area contributed by atoms with Crippen LogP contribution >= 0.6 is 11.3 Å². The average Bonchev–Trinajstić information content (AvgIpc) is 3.33. The predicted molar refractivity (Wildman–Crippen MR) is 128 cm³/mol. The van der Waals surface area contributed by atoms with Crippen LogP contribution in [0, 0.1) is 5.41 Å². The number of carbonyl (C=O) groups excluding carboxylic acids is 1. The summed E-state index contributed by atoms with van der Waals surface area (Å²) in [6, 6.07) is 26.3. The zero-order chi connectivity index (χ0) is 22.6. The molecule has 1 aromatic heterocycles. The molecule has 0 fully saturated rings. The summed E-state index contributed by atoms with van der Waals surface area (Å²) < 4.78 is 0. The number of carbonyl (C=O) groups is 1. The van der Waals surface area contributed by atoms with Gasteiger partial charge in [0, 0.05) is 5.92 Å². The van der Waals surface area contributed by atoms with Gasteiger partial charge in [0.1, 0.15) is 5.51 Å². The summed E-state index contributed by atoms with van der Waals surface area (Å²) in [5.74, 6) is -0.255. The standard InChI is InChI=1S/C26H25N3O2S/c1-26(2,24(31)28-25-29-27-17-32-25)23(21-6-4-3-5-7-21)22-14-12-20(13-15-22)19-10-8-18(16-30)9-11-19/h3-15,17,23,30H,16H2,1-2H3,(H,28,29,31). The van der Waals surface area contributed by atoms with Gasteiger partial charge in [0.2, 0.25) is 11.0 Å². The Morgan fingerprint density at radius 1 is 0.938 bits per heavy atom. The largest absolute Gasteiger partial charge is 0.392 e. The minimum atomic E-state index is -0.739. The van der Waals surface area contributed by atoms with Crippen molar-refractivity contribution in [3.63, 3.8) is 0 Å². The Bertz CT molecular complexity index is 1160. The van der Waals surface area contributed by atoms with Crippen LogP contribution in [0.2, 0.25) is 0 Å². The molecular weight excluding hydrogens is 418 g/mol. The average molecular weight is 444 g/mol. The molecule has 4 rings (SSSR count).